The first-order valence-electron chi connectivity index (χ1n) is 9.51. The maximum atomic E-state index is 13.1. The lowest BCUT2D eigenvalue weighted by Gasteiger charge is -2.17. The van der Waals surface area contributed by atoms with Crippen LogP contribution in [0.3, 0.4) is 0 Å². The summed E-state index contributed by atoms with van der Waals surface area (Å²) in [5, 5.41) is 4.04. The third-order valence-electron chi connectivity index (χ3n) is 5.35. The minimum atomic E-state index is -0.328. The van der Waals surface area contributed by atoms with Crippen molar-refractivity contribution in [3.63, 3.8) is 0 Å². The number of aromatic nitrogens is 2. The van der Waals surface area contributed by atoms with E-state index in [1.54, 1.807) is 23.5 Å². The van der Waals surface area contributed by atoms with Crippen molar-refractivity contribution in [2.75, 3.05) is 12.4 Å². The molecule has 1 atom stereocenters. The lowest BCUT2D eigenvalue weighted by Crippen LogP contribution is -2.28. The largest absolute Gasteiger partial charge is 0.495 e. The molecule has 0 radical (unpaired) electrons. The van der Waals surface area contributed by atoms with Gasteiger partial charge in [-0.05, 0) is 49.3 Å². The van der Waals surface area contributed by atoms with Gasteiger partial charge in [0.05, 0.1) is 24.5 Å². The predicted octanol–water partition coefficient (Wildman–Crippen LogP) is 4.19. The molecule has 1 aromatic carbocycles. The zero-order chi connectivity index (χ0) is 20.7. The molecule has 0 bridgehead atoms. The number of benzene rings is 1. The Kier molecular flexibility index (Phi) is 5.36. The van der Waals surface area contributed by atoms with E-state index in [4.69, 9.17) is 16.3 Å². The molecule has 0 spiro atoms. The molecule has 0 aliphatic heterocycles. The number of thiophene rings is 1. The second kappa shape index (κ2) is 7.80. The molecule has 0 saturated heterocycles. The number of aryl methyl sites for hydroxylation is 2. The molecule has 6 nitrogen and oxygen atoms in total. The highest BCUT2D eigenvalue weighted by atomic mass is 35.5. The minimum Gasteiger partial charge on any atom is -0.495 e. The zero-order valence-electron chi connectivity index (χ0n) is 16.5. The summed E-state index contributed by atoms with van der Waals surface area (Å²) in [5.41, 5.74) is 2.30. The van der Waals surface area contributed by atoms with Crippen LogP contribution in [-0.2, 0) is 24.2 Å². The van der Waals surface area contributed by atoms with Crippen molar-refractivity contribution in [2.24, 2.45) is 5.92 Å². The number of anilines is 1. The number of nitrogens with zero attached hydrogens (tertiary/aromatic N) is 2. The number of carbonyl (C=O) groups is 1. The summed E-state index contributed by atoms with van der Waals surface area (Å²) < 4.78 is 6.67. The molecule has 1 unspecified atom stereocenters. The molecule has 0 saturated carbocycles. The van der Waals surface area contributed by atoms with Gasteiger partial charge < -0.3 is 10.1 Å². The molecule has 152 valence electrons. The first-order valence-corrected chi connectivity index (χ1v) is 10.7. The van der Waals surface area contributed by atoms with Gasteiger partial charge in [0.1, 0.15) is 17.1 Å². The lowest BCUT2D eigenvalue weighted by molar-refractivity contribution is -0.116. The van der Waals surface area contributed by atoms with Gasteiger partial charge in [0.2, 0.25) is 5.91 Å². The van der Waals surface area contributed by atoms with Crippen LogP contribution in [0.4, 0.5) is 5.69 Å². The summed E-state index contributed by atoms with van der Waals surface area (Å²) in [5.74, 6) is 0.767. The molecule has 1 amide bonds. The smallest absolute Gasteiger partial charge is 0.262 e. The lowest BCUT2D eigenvalue weighted by atomic mass is 9.89. The maximum Gasteiger partial charge on any atom is 0.262 e. The average molecular weight is 432 g/mol. The molecule has 2 heterocycles. The van der Waals surface area contributed by atoms with Crippen molar-refractivity contribution in [1.29, 1.82) is 0 Å². The van der Waals surface area contributed by atoms with Crippen molar-refractivity contribution < 1.29 is 9.53 Å². The zero-order valence-corrected chi connectivity index (χ0v) is 18.1. The molecule has 2 aromatic heterocycles. The number of nitrogens with one attached hydrogen (secondary N) is 1. The Balaban J connectivity index is 1.62. The van der Waals surface area contributed by atoms with Crippen LogP contribution < -0.4 is 15.6 Å². The first-order chi connectivity index (χ1) is 13.9. The molecule has 3 aromatic rings. The Hall–Kier alpha value is -2.38. The highest BCUT2D eigenvalue weighted by molar-refractivity contribution is 7.18. The van der Waals surface area contributed by atoms with E-state index in [0.29, 0.717) is 27.8 Å². The molecular formula is C21H22ClN3O3S. The molecule has 8 heteroatoms. The highest BCUT2D eigenvalue weighted by Crippen LogP contribution is 2.35. The van der Waals surface area contributed by atoms with Crippen LogP contribution in [0, 0.1) is 12.8 Å². The second-order valence-corrected chi connectivity index (χ2v) is 9.05. The number of methoxy groups -OCH3 is 1. The van der Waals surface area contributed by atoms with E-state index >= 15 is 0 Å². The third-order valence-corrected chi connectivity index (χ3v) is 6.92. The van der Waals surface area contributed by atoms with E-state index in [2.05, 4.69) is 17.2 Å². The van der Waals surface area contributed by atoms with E-state index < -0.39 is 0 Å². The summed E-state index contributed by atoms with van der Waals surface area (Å²) in [6, 6.07) is 3.41. The highest BCUT2D eigenvalue weighted by Gasteiger charge is 2.23. The molecule has 1 aliphatic rings. The second-order valence-electron chi connectivity index (χ2n) is 7.56. The summed E-state index contributed by atoms with van der Waals surface area (Å²) in [7, 11) is 1.51. The number of fused-ring (bicyclic) bond motifs is 3. The number of ether oxygens (including phenoxy) is 1. The van der Waals surface area contributed by atoms with Crippen molar-refractivity contribution in [1.82, 2.24) is 9.55 Å². The molecule has 4 rings (SSSR count). The standard InChI is InChI=1S/C21H22ClN3O3S/c1-11-4-5-13-17(6-11)29-20-19(13)21(27)25(10-23-20)9-18(26)24-15-7-12(2)14(22)8-16(15)28-3/h7-8,10-11H,4-6,9H2,1-3H3,(H,24,26). The Morgan fingerprint density at radius 3 is 3.00 bits per heavy atom. The number of amides is 1. The first kappa shape index (κ1) is 19.9. The third kappa shape index (κ3) is 3.76. The maximum absolute atomic E-state index is 13.1. The van der Waals surface area contributed by atoms with Crippen molar-refractivity contribution in [3.8, 4) is 5.75 Å². The van der Waals surface area contributed by atoms with Crippen LogP contribution >= 0.6 is 22.9 Å². The number of carbonyl (C=O) groups excluding carboxylic acids is 1. The predicted molar refractivity (Wildman–Crippen MR) is 116 cm³/mol. The van der Waals surface area contributed by atoms with E-state index in [9.17, 15) is 9.59 Å². The fraction of sp³-hybridized carbons (Fsp3) is 0.381. The van der Waals surface area contributed by atoms with Crippen LogP contribution in [0.15, 0.2) is 23.3 Å². The molecule has 0 fully saturated rings. The van der Waals surface area contributed by atoms with Gasteiger partial charge in [0.25, 0.3) is 5.56 Å². The number of hydrogen-bond acceptors (Lipinski definition) is 5. The van der Waals surface area contributed by atoms with Crippen LogP contribution in [0.1, 0.15) is 29.3 Å². The summed E-state index contributed by atoms with van der Waals surface area (Å²) >= 11 is 7.72. The van der Waals surface area contributed by atoms with E-state index in [1.807, 2.05) is 6.92 Å². The quantitative estimate of drug-likeness (QED) is 0.672. The number of rotatable bonds is 4. The van der Waals surface area contributed by atoms with Crippen molar-refractivity contribution >= 4 is 44.7 Å². The monoisotopic (exact) mass is 431 g/mol. The van der Waals surface area contributed by atoms with Gasteiger partial charge in [-0.1, -0.05) is 18.5 Å². The van der Waals surface area contributed by atoms with E-state index in [1.165, 1.54) is 22.9 Å². The van der Waals surface area contributed by atoms with Crippen molar-refractivity contribution in [2.45, 2.75) is 39.7 Å². The van der Waals surface area contributed by atoms with Gasteiger partial charge >= 0.3 is 0 Å². The summed E-state index contributed by atoms with van der Waals surface area (Å²) in [6.45, 7) is 3.96. The van der Waals surface area contributed by atoms with Gasteiger partial charge in [0, 0.05) is 16.0 Å². The molecule has 1 N–H and O–H groups in total. The van der Waals surface area contributed by atoms with Crippen LogP contribution in [0.25, 0.3) is 10.2 Å². The van der Waals surface area contributed by atoms with Crippen LogP contribution in [-0.4, -0.2) is 22.6 Å². The Morgan fingerprint density at radius 2 is 2.24 bits per heavy atom. The average Bonchev–Trinajstić information content (AvgIpc) is 3.04. The molecular weight excluding hydrogens is 410 g/mol. The van der Waals surface area contributed by atoms with Crippen LogP contribution in [0.5, 0.6) is 5.75 Å². The Bertz CT molecular complexity index is 1170. The Labute approximate surface area is 177 Å². The summed E-state index contributed by atoms with van der Waals surface area (Å²) in [4.78, 5) is 32.2. The Morgan fingerprint density at radius 1 is 1.45 bits per heavy atom. The van der Waals surface area contributed by atoms with Gasteiger partial charge in [-0.25, -0.2) is 4.98 Å². The topological polar surface area (TPSA) is 73.2 Å². The van der Waals surface area contributed by atoms with Gasteiger partial charge in [-0.3, -0.25) is 14.2 Å². The fourth-order valence-corrected chi connectivity index (χ4v) is 5.25. The van der Waals surface area contributed by atoms with Gasteiger partial charge in [0.15, 0.2) is 0 Å². The number of hydrogen-bond donors (Lipinski definition) is 1. The van der Waals surface area contributed by atoms with Crippen LogP contribution in [0.2, 0.25) is 5.02 Å². The molecule has 29 heavy (non-hydrogen) atoms. The van der Waals surface area contributed by atoms with Gasteiger partial charge in [-0.2, -0.15) is 0 Å². The fourth-order valence-electron chi connectivity index (χ4n) is 3.75. The minimum absolute atomic E-state index is 0.117. The van der Waals surface area contributed by atoms with E-state index in [0.717, 1.165) is 35.2 Å². The van der Waals surface area contributed by atoms with Crippen molar-refractivity contribution in [3.05, 3.63) is 49.8 Å². The molecule has 1 aliphatic carbocycles. The normalized spacial score (nSPS) is 15.9. The summed E-state index contributed by atoms with van der Waals surface area (Å²) in [6.07, 6.45) is 4.42. The SMILES string of the molecule is COc1cc(Cl)c(C)cc1NC(=O)Cn1cnc2sc3c(c2c1=O)CCC(C)C3. The number of halogens is 1. The van der Waals surface area contributed by atoms with E-state index in [-0.39, 0.29) is 18.0 Å². The van der Waals surface area contributed by atoms with Gasteiger partial charge in [-0.15, -0.1) is 11.3 Å².